The lowest BCUT2D eigenvalue weighted by atomic mass is 9.96. The van der Waals surface area contributed by atoms with Gasteiger partial charge in [-0.05, 0) is 42.0 Å². The normalized spacial score (nSPS) is 17.7. The number of rotatable bonds is 5. The fourth-order valence-electron chi connectivity index (χ4n) is 3.60. The molecular formula is C23H18ClN3O4. The molecule has 1 N–H and O–H groups in total. The van der Waals surface area contributed by atoms with Crippen LogP contribution in [-0.4, -0.2) is 38.8 Å². The maximum Gasteiger partial charge on any atom is 0.296 e. The SMILES string of the molecule is COc1ccc(Cl)cc1/C(O)=C1\C(=O)C(=O)N(Cc2ccccn2)C1c1cccnc1. The average molecular weight is 436 g/mol. The Morgan fingerprint density at radius 2 is 2.00 bits per heavy atom. The third-order valence-electron chi connectivity index (χ3n) is 5.02. The molecule has 0 aliphatic carbocycles. The lowest BCUT2D eigenvalue weighted by molar-refractivity contribution is -0.140. The molecule has 0 radical (unpaired) electrons. The highest BCUT2D eigenvalue weighted by atomic mass is 35.5. The quantitative estimate of drug-likeness (QED) is 0.372. The Balaban J connectivity index is 1.90. The van der Waals surface area contributed by atoms with Crippen molar-refractivity contribution in [3.05, 3.63) is 94.5 Å². The summed E-state index contributed by atoms with van der Waals surface area (Å²) in [7, 11) is 1.44. The van der Waals surface area contributed by atoms with Gasteiger partial charge in [0, 0.05) is 23.6 Å². The maximum atomic E-state index is 13.1. The monoisotopic (exact) mass is 435 g/mol. The van der Waals surface area contributed by atoms with Crippen LogP contribution in [-0.2, 0) is 16.1 Å². The zero-order valence-electron chi connectivity index (χ0n) is 16.5. The molecule has 1 aromatic carbocycles. The standard InChI is InChI=1S/C23H18ClN3O4/c1-31-18-8-7-15(24)11-17(18)21(28)19-20(14-5-4-9-25-12-14)27(23(30)22(19)29)13-16-6-2-3-10-26-16/h2-12,20,28H,13H2,1H3/b21-19+. The summed E-state index contributed by atoms with van der Waals surface area (Å²) < 4.78 is 5.32. The summed E-state index contributed by atoms with van der Waals surface area (Å²) in [5, 5.41) is 11.5. The van der Waals surface area contributed by atoms with E-state index in [0.717, 1.165) is 0 Å². The minimum absolute atomic E-state index is 0.0607. The van der Waals surface area contributed by atoms with E-state index in [1.165, 1.54) is 18.1 Å². The Morgan fingerprint density at radius 3 is 2.68 bits per heavy atom. The molecule has 1 aliphatic heterocycles. The number of carbonyl (C=O) groups excluding carboxylic acids is 2. The summed E-state index contributed by atoms with van der Waals surface area (Å²) in [6, 6.07) is 12.6. The topological polar surface area (TPSA) is 92.6 Å². The van der Waals surface area contributed by atoms with E-state index in [1.54, 1.807) is 61.1 Å². The Morgan fingerprint density at radius 1 is 1.16 bits per heavy atom. The highest BCUT2D eigenvalue weighted by Gasteiger charge is 2.46. The Labute approximate surface area is 183 Å². The van der Waals surface area contributed by atoms with Gasteiger partial charge in [-0.3, -0.25) is 19.6 Å². The van der Waals surface area contributed by atoms with Gasteiger partial charge in [-0.25, -0.2) is 0 Å². The zero-order valence-corrected chi connectivity index (χ0v) is 17.3. The van der Waals surface area contributed by atoms with Crippen LogP contribution >= 0.6 is 11.6 Å². The van der Waals surface area contributed by atoms with Gasteiger partial charge in [0.2, 0.25) is 0 Å². The molecule has 156 valence electrons. The van der Waals surface area contributed by atoms with Gasteiger partial charge in [-0.2, -0.15) is 0 Å². The summed E-state index contributed by atoms with van der Waals surface area (Å²) in [4.78, 5) is 35.8. The van der Waals surface area contributed by atoms with E-state index in [4.69, 9.17) is 16.3 Å². The number of benzene rings is 1. The first-order valence-corrected chi connectivity index (χ1v) is 9.81. The predicted molar refractivity (Wildman–Crippen MR) is 114 cm³/mol. The molecule has 0 bridgehead atoms. The van der Waals surface area contributed by atoms with Crippen molar-refractivity contribution in [1.82, 2.24) is 14.9 Å². The van der Waals surface area contributed by atoms with E-state index in [2.05, 4.69) is 9.97 Å². The second-order valence-corrected chi connectivity index (χ2v) is 7.32. The summed E-state index contributed by atoms with van der Waals surface area (Å²) in [6.45, 7) is 0.0917. The number of likely N-dealkylation sites (tertiary alicyclic amines) is 1. The van der Waals surface area contributed by atoms with E-state index in [1.807, 2.05) is 0 Å². The Hall–Kier alpha value is -3.71. The molecule has 1 saturated heterocycles. The van der Waals surface area contributed by atoms with Crippen LogP contribution in [0.3, 0.4) is 0 Å². The molecule has 1 unspecified atom stereocenters. The van der Waals surface area contributed by atoms with Crippen LogP contribution < -0.4 is 4.74 Å². The summed E-state index contributed by atoms with van der Waals surface area (Å²) >= 11 is 6.11. The minimum Gasteiger partial charge on any atom is -0.507 e. The molecule has 4 rings (SSSR count). The van der Waals surface area contributed by atoms with Crippen LogP contribution in [0.5, 0.6) is 5.75 Å². The van der Waals surface area contributed by atoms with Crippen molar-refractivity contribution in [3.8, 4) is 5.75 Å². The number of hydrogen-bond donors (Lipinski definition) is 1. The Kier molecular flexibility index (Phi) is 5.68. The van der Waals surface area contributed by atoms with Crippen LogP contribution in [0.25, 0.3) is 5.76 Å². The fourth-order valence-corrected chi connectivity index (χ4v) is 3.78. The first-order chi connectivity index (χ1) is 15.0. The van der Waals surface area contributed by atoms with Crippen molar-refractivity contribution < 1.29 is 19.4 Å². The third kappa shape index (κ3) is 3.87. The molecule has 3 aromatic rings. The highest BCUT2D eigenvalue weighted by molar-refractivity contribution is 6.46. The van der Waals surface area contributed by atoms with Crippen LogP contribution in [0.15, 0.2) is 72.7 Å². The average Bonchev–Trinajstić information content (AvgIpc) is 3.04. The van der Waals surface area contributed by atoms with Gasteiger partial charge in [0.05, 0.1) is 36.5 Å². The minimum atomic E-state index is -0.848. The molecule has 1 amide bonds. The van der Waals surface area contributed by atoms with E-state index in [9.17, 15) is 14.7 Å². The van der Waals surface area contributed by atoms with E-state index >= 15 is 0 Å². The van der Waals surface area contributed by atoms with Crippen molar-refractivity contribution >= 4 is 29.1 Å². The van der Waals surface area contributed by atoms with Crippen molar-refractivity contribution in [2.24, 2.45) is 0 Å². The summed E-state index contributed by atoms with van der Waals surface area (Å²) in [5.74, 6) is -1.58. The molecule has 1 aliphatic rings. The van der Waals surface area contributed by atoms with Crippen LogP contribution in [0, 0.1) is 0 Å². The summed E-state index contributed by atoms with van der Waals surface area (Å²) in [5.41, 5.74) is 1.35. The number of Topliss-reactive ketones (excluding diaryl/α,β-unsaturated/α-hetero) is 1. The van der Waals surface area contributed by atoms with Gasteiger partial charge in [-0.1, -0.05) is 23.7 Å². The number of halogens is 1. The van der Waals surface area contributed by atoms with E-state index in [-0.39, 0.29) is 23.4 Å². The number of hydrogen-bond acceptors (Lipinski definition) is 6. The molecule has 31 heavy (non-hydrogen) atoms. The largest absolute Gasteiger partial charge is 0.507 e. The number of nitrogens with zero attached hydrogens (tertiary/aromatic N) is 3. The van der Waals surface area contributed by atoms with Crippen LogP contribution in [0.4, 0.5) is 0 Å². The molecule has 7 nitrogen and oxygen atoms in total. The zero-order chi connectivity index (χ0) is 22.0. The number of aromatic nitrogens is 2. The number of carbonyl (C=O) groups is 2. The van der Waals surface area contributed by atoms with Gasteiger partial charge in [0.25, 0.3) is 11.7 Å². The van der Waals surface area contributed by atoms with E-state index in [0.29, 0.717) is 22.0 Å². The molecule has 8 heteroatoms. The maximum absolute atomic E-state index is 13.1. The van der Waals surface area contributed by atoms with E-state index < -0.39 is 17.7 Å². The lowest BCUT2D eigenvalue weighted by Crippen LogP contribution is -2.29. The fraction of sp³-hybridized carbons (Fsp3) is 0.130. The van der Waals surface area contributed by atoms with Gasteiger partial charge in [0.1, 0.15) is 11.5 Å². The number of aliphatic hydroxyl groups is 1. The number of ether oxygens (including phenoxy) is 1. The van der Waals surface area contributed by atoms with Crippen molar-refractivity contribution in [1.29, 1.82) is 0 Å². The third-order valence-corrected chi connectivity index (χ3v) is 5.25. The first-order valence-electron chi connectivity index (χ1n) is 9.43. The van der Waals surface area contributed by atoms with Gasteiger partial charge < -0.3 is 14.7 Å². The second-order valence-electron chi connectivity index (χ2n) is 6.88. The molecule has 0 saturated carbocycles. The number of methoxy groups -OCH3 is 1. The van der Waals surface area contributed by atoms with Gasteiger partial charge in [0.15, 0.2) is 0 Å². The molecule has 0 spiro atoms. The first kappa shape index (κ1) is 20.6. The van der Waals surface area contributed by atoms with Crippen LogP contribution in [0.1, 0.15) is 22.9 Å². The Bertz CT molecular complexity index is 1170. The van der Waals surface area contributed by atoms with Crippen LogP contribution in [0.2, 0.25) is 5.02 Å². The van der Waals surface area contributed by atoms with Crippen molar-refractivity contribution in [2.75, 3.05) is 7.11 Å². The highest BCUT2D eigenvalue weighted by Crippen LogP contribution is 2.41. The number of amides is 1. The van der Waals surface area contributed by atoms with Gasteiger partial charge in [-0.15, -0.1) is 0 Å². The number of aliphatic hydroxyl groups excluding tert-OH is 1. The number of pyridine rings is 2. The molecule has 3 heterocycles. The molecule has 1 fully saturated rings. The van der Waals surface area contributed by atoms with Crippen molar-refractivity contribution in [3.63, 3.8) is 0 Å². The van der Waals surface area contributed by atoms with Gasteiger partial charge >= 0.3 is 0 Å². The van der Waals surface area contributed by atoms with Crippen molar-refractivity contribution in [2.45, 2.75) is 12.6 Å². The molecule has 2 aromatic heterocycles. The smallest absolute Gasteiger partial charge is 0.296 e. The second kappa shape index (κ2) is 8.57. The molecule has 1 atom stereocenters. The number of ketones is 1. The predicted octanol–water partition coefficient (Wildman–Crippen LogP) is 3.76. The molecular weight excluding hydrogens is 418 g/mol. The lowest BCUT2D eigenvalue weighted by Gasteiger charge is -2.24. The summed E-state index contributed by atoms with van der Waals surface area (Å²) in [6.07, 6.45) is 4.76.